The summed E-state index contributed by atoms with van der Waals surface area (Å²) in [5.41, 5.74) is -4.31. The first-order valence-electron chi connectivity index (χ1n) is 10.2. The van der Waals surface area contributed by atoms with E-state index in [9.17, 15) is 19.8 Å². The Bertz CT molecular complexity index is 849. The molecule has 8 heteroatoms. The second-order valence-corrected chi connectivity index (χ2v) is 10.5. The Hall–Kier alpha value is -1.22. The minimum atomic E-state index is -1.22. The summed E-state index contributed by atoms with van der Waals surface area (Å²) in [6, 6.07) is 0. The number of esters is 2. The van der Waals surface area contributed by atoms with E-state index in [2.05, 4.69) is 0 Å². The van der Waals surface area contributed by atoms with Crippen molar-refractivity contribution in [3.05, 3.63) is 0 Å². The van der Waals surface area contributed by atoms with E-state index in [1.165, 1.54) is 7.11 Å². The van der Waals surface area contributed by atoms with E-state index >= 15 is 0 Å². The van der Waals surface area contributed by atoms with Crippen LogP contribution in [0, 0.1) is 28.6 Å². The molecule has 2 N–H and O–H groups in total. The van der Waals surface area contributed by atoms with Crippen LogP contribution in [0.15, 0.2) is 0 Å². The van der Waals surface area contributed by atoms with Gasteiger partial charge in [0.2, 0.25) is 0 Å². The highest BCUT2D eigenvalue weighted by Gasteiger charge is 2.93. The maximum Gasteiger partial charge on any atom is 0.315 e. The first kappa shape index (κ1) is 16.6. The lowest BCUT2D eigenvalue weighted by atomic mass is 9.59. The summed E-state index contributed by atoms with van der Waals surface area (Å²) < 4.78 is 23.0. The maximum absolute atomic E-state index is 13.2. The third-order valence-electron chi connectivity index (χ3n) is 9.81. The van der Waals surface area contributed by atoms with E-state index in [4.69, 9.17) is 18.9 Å². The average molecular weight is 392 g/mol. The monoisotopic (exact) mass is 392 g/mol. The van der Waals surface area contributed by atoms with Crippen LogP contribution in [0.3, 0.4) is 0 Å². The lowest BCUT2D eigenvalue weighted by Gasteiger charge is -2.45. The molecule has 4 bridgehead atoms. The highest BCUT2D eigenvalue weighted by atomic mass is 16.7. The summed E-state index contributed by atoms with van der Waals surface area (Å²) >= 11 is 0. The maximum atomic E-state index is 13.2. The number of aliphatic hydroxyl groups is 2. The molecule has 4 saturated carbocycles. The van der Waals surface area contributed by atoms with Gasteiger partial charge in [0, 0.05) is 11.8 Å². The van der Waals surface area contributed by atoms with Crippen molar-refractivity contribution in [1.29, 1.82) is 0 Å². The van der Waals surface area contributed by atoms with E-state index in [1.54, 1.807) is 6.92 Å². The molecular formula is C20H24O8. The van der Waals surface area contributed by atoms with Crippen molar-refractivity contribution in [1.82, 2.24) is 0 Å². The zero-order chi connectivity index (χ0) is 19.5. The van der Waals surface area contributed by atoms with Crippen molar-refractivity contribution >= 4 is 11.9 Å². The number of epoxide rings is 2. The molecule has 4 aliphatic carbocycles. The fourth-order valence-corrected chi connectivity index (χ4v) is 8.73. The van der Waals surface area contributed by atoms with Crippen LogP contribution >= 0.6 is 0 Å². The molecular weight excluding hydrogens is 368 g/mol. The van der Waals surface area contributed by atoms with Crippen LogP contribution in [0.5, 0.6) is 0 Å². The molecule has 2 spiro atoms. The molecule has 0 aromatic heterocycles. The average Bonchev–Trinajstić information content (AvgIpc) is 3.55. The van der Waals surface area contributed by atoms with Crippen molar-refractivity contribution < 1.29 is 38.7 Å². The van der Waals surface area contributed by atoms with Crippen molar-refractivity contribution in [2.24, 2.45) is 28.6 Å². The van der Waals surface area contributed by atoms with Gasteiger partial charge in [-0.3, -0.25) is 9.59 Å². The molecule has 11 atom stereocenters. The second kappa shape index (κ2) is 4.15. The van der Waals surface area contributed by atoms with Crippen molar-refractivity contribution in [2.75, 3.05) is 13.7 Å². The zero-order valence-corrected chi connectivity index (χ0v) is 15.8. The number of ether oxygens (including phenoxy) is 4. The number of aliphatic hydroxyl groups excluding tert-OH is 1. The van der Waals surface area contributed by atoms with Gasteiger partial charge in [-0.2, -0.15) is 0 Å². The van der Waals surface area contributed by atoms with Crippen LogP contribution in [-0.2, 0) is 28.5 Å². The highest BCUT2D eigenvalue weighted by Crippen LogP contribution is 2.82. The molecule has 0 aromatic rings. The Balaban J connectivity index is 1.49. The normalized spacial score (nSPS) is 66.8. The molecule has 28 heavy (non-hydrogen) atoms. The molecule has 7 rings (SSSR count). The van der Waals surface area contributed by atoms with Gasteiger partial charge >= 0.3 is 11.9 Å². The van der Waals surface area contributed by atoms with Crippen molar-refractivity contribution in [3.8, 4) is 0 Å². The molecule has 0 aromatic carbocycles. The minimum absolute atomic E-state index is 0.119. The van der Waals surface area contributed by atoms with Gasteiger partial charge in [0.25, 0.3) is 0 Å². The first-order chi connectivity index (χ1) is 13.2. The Labute approximate surface area is 161 Å². The third-order valence-corrected chi connectivity index (χ3v) is 9.81. The summed E-state index contributed by atoms with van der Waals surface area (Å²) in [5, 5.41) is 22.4. The Kier molecular flexibility index (Phi) is 2.45. The van der Waals surface area contributed by atoms with Crippen molar-refractivity contribution in [2.45, 2.75) is 67.7 Å². The predicted octanol–water partition coefficient (Wildman–Crippen LogP) is -0.460. The quantitative estimate of drug-likeness (QED) is 0.455. The Morgan fingerprint density at radius 1 is 1.32 bits per heavy atom. The van der Waals surface area contributed by atoms with Gasteiger partial charge in [-0.15, -0.1) is 0 Å². The van der Waals surface area contributed by atoms with Crippen LogP contribution in [0.4, 0.5) is 0 Å². The minimum Gasteiger partial charge on any atom is -0.469 e. The predicted molar refractivity (Wildman–Crippen MR) is 88.6 cm³/mol. The molecule has 3 heterocycles. The fourth-order valence-electron chi connectivity index (χ4n) is 8.73. The molecule has 3 saturated heterocycles. The summed E-state index contributed by atoms with van der Waals surface area (Å²) in [7, 11) is 1.36. The number of fused-ring (bicyclic) bond motifs is 3. The molecule has 152 valence electrons. The Morgan fingerprint density at radius 2 is 2.07 bits per heavy atom. The lowest BCUT2D eigenvalue weighted by Crippen LogP contribution is -2.58. The molecule has 7 fully saturated rings. The summed E-state index contributed by atoms with van der Waals surface area (Å²) in [4.78, 5) is 26.2. The van der Waals surface area contributed by atoms with Gasteiger partial charge in [0.1, 0.15) is 28.8 Å². The van der Waals surface area contributed by atoms with Gasteiger partial charge in [-0.25, -0.2) is 0 Å². The van der Waals surface area contributed by atoms with Gasteiger partial charge in [-0.1, -0.05) is 0 Å². The molecule has 0 radical (unpaired) electrons. The van der Waals surface area contributed by atoms with E-state index in [1.807, 2.05) is 0 Å². The van der Waals surface area contributed by atoms with Crippen LogP contribution < -0.4 is 0 Å². The van der Waals surface area contributed by atoms with Crippen LogP contribution in [-0.4, -0.2) is 71.0 Å². The first-order valence-corrected chi connectivity index (χ1v) is 10.2. The van der Waals surface area contributed by atoms with E-state index in [0.29, 0.717) is 32.3 Å². The van der Waals surface area contributed by atoms with Crippen molar-refractivity contribution in [3.63, 3.8) is 0 Å². The standard InChI is InChI=1S/C20H24O8/c1-16-11-9(14(22)25-2)17-5-18(24,19(6-17)7-26-19)4-3-8(17)20(11,28-15(16)23)13-10(27-13)12(16)21/h8-13,21,24H,3-7H2,1-2H3/t8-,9-,10-,11-,12+,13-,16+,17-,18+,19+,20-/m1/s1. The van der Waals surface area contributed by atoms with Gasteiger partial charge < -0.3 is 29.2 Å². The number of hydrogen-bond acceptors (Lipinski definition) is 8. The van der Waals surface area contributed by atoms with Crippen LogP contribution in [0.25, 0.3) is 0 Å². The number of hydrogen-bond donors (Lipinski definition) is 2. The summed E-state index contributed by atoms with van der Waals surface area (Å²) in [6.07, 6.45) is 0.333. The highest BCUT2D eigenvalue weighted by molar-refractivity contribution is 5.86. The summed E-state index contributed by atoms with van der Waals surface area (Å²) in [6.45, 7) is 2.20. The molecule has 3 aliphatic heterocycles. The second-order valence-electron chi connectivity index (χ2n) is 10.5. The molecule has 7 aliphatic rings. The molecule has 0 amide bonds. The number of carbonyl (C=O) groups is 2. The van der Waals surface area contributed by atoms with Gasteiger partial charge in [-0.05, 0) is 38.0 Å². The third kappa shape index (κ3) is 1.30. The fraction of sp³-hybridized carbons (Fsp3) is 0.900. The number of methoxy groups -OCH3 is 1. The smallest absolute Gasteiger partial charge is 0.315 e. The zero-order valence-electron chi connectivity index (χ0n) is 15.8. The SMILES string of the molecule is COC(=O)[C@H]1[C@@H]2[C@]3(C)C(=O)O[C@]2([C@@H]2O[C@@H]2[C@@H]3O)[C@@H]2CC[C@]3(O)C[C@@]21C[C@]31CO1. The van der Waals surface area contributed by atoms with Gasteiger partial charge in [0.05, 0.1) is 31.3 Å². The van der Waals surface area contributed by atoms with E-state index in [0.717, 1.165) is 0 Å². The molecule has 0 unspecified atom stereocenters. The van der Waals surface area contributed by atoms with Crippen LogP contribution in [0.1, 0.15) is 32.6 Å². The van der Waals surface area contributed by atoms with Gasteiger partial charge in [0.15, 0.2) is 0 Å². The van der Waals surface area contributed by atoms with E-state index in [-0.39, 0.29) is 5.92 Å². The Morgan fingerprint density at radius 3 is 2.75 bits per heavy atom. The lowest BCUT2D eigenvalue weighted by molar-refractivity contribution is -0.169. The summed E-state index contributed by atoms with van der Waals surface area (Å²) in [5.74, 6) is -2.13. The number of rotatable bonds is 1. The number of carbonyl (C=O) groups excluding carboxylic acids is 2. The van der Waals surface area contributed by atoms with Crippen LogP contribution in [0.2, 0.25) is 0 Å². The molecule has 8 nitrogen and oxygen atoms in total. The topological polar surface area (TPSA) is 118 Å². The largest absolute Gasteiger partial charge is 0.469 e. The van der Waals surface area contributed by atoms with E-state index < -0.39 is 69.7 Å².